The van der Waals surface area contributed by atoms with Crippen LogP contribution in [0.25, 0.3) is 0 Å². The fraction of sp³-hybridized carbons (Fsp3) is 0.571. The van der Waals surface area contributed by atoms with Gasteiger partial charge >= 0.3 is 0 Å². The highest BCUT2D eigenvalue weighted by molar-refractivity contribution is 6.04. The molecule has 0 aromatic carbocycles. The lowest BCUT2D eigenvalue weighted by molar-refractivity contribution is -0.191. The minimum Gasteiger partial charge on any atom is -0.385 e. The molecule has 0 radical (unpaired) electrons. The molecule has 5 unspecified atom stereocenters. The summed E-state index contributed by atoms with van der Waals surface area (Å²) in [5, 5.41) is 66.7. The molecule has 0 aliphatic rings. The van der Waals surface area contributed by atoms with Crippen molar-refractivity contribution in [2.75, 3.05) is 0 Å². The summed E-state index contributed by atoms with van der Waals surface area (Å²) in [4.78, 5) is 40.5. The summed E-state index contributed by atoms with van der Waals surface area (Å²) in [5.41, 5.74) is -3.56. The molecule has 0 aromatic heterocycles. The first-order valence-corrected chi connectivity index (χ1v) is 27.5. The summed E-state index contributed by atoms with van der Waals surface area (Å²) >= 11 is 0. The first kappa shape index (κ1) is 67.6. The van der Waals surface area contributed by atoms with E-state index in [1.165, 1.54) is 57.8 Å². The van der Waals surface area contributed by atoms with Crippen molar-refractivity contribution in [3.05, 3.63) is 146 Å². The average molecular weight is 999 g/mol. The van der Waals surface area contributed by atoms with Crippen molar-refractivity contribution in [1.29, 1.82) is 0 Å². The third kappa shape index (κ3) is 35.7. The molecule has 0 saturated carbocycles. The van der Waals surface area contributed by atoms with Gasteiger partial charge in [-0.1, -0.05) is 205 Å². The number of aliphatic hydroxyl groups is 6. The molecule has 404 valence electrons. The van der Waals surface area contributed by atoms with Gasteiger partial charge in [-0.2, -0.15) is 0 Å². The molecule has 6 N–H and O–H groups in total. The number of carbonyl (C=O) groups excluding carboxylic acids is 3. The van der Waals surface area contributed by atoms with E-state index in [1.54, 1.807) is 18.2 Å². The van der Waals surface area contributed by atoms with E-state index < -0.39 is 53.5 Å². The summed E-state index contributed by atoms with van der Waals surface area (Å²) < 4.78 is 0. The molecular weight excluding hydrogens is 901 g/mol. The van der Waals surface area contributed by atoms with Crippen molar-refractivity contribution in [3.8, 4) is 0 Å². The Hall–Kier alpha value is -4.35. The van der Waals surface area contributed by atoms with Crippen LogP contribution in [0.3, 0.4) is 0 Å². The van der Waals surface area contributed by atoms with Crippen LogP contribution in [-0.4, -0.2) is 84.1 Å². The molecule has 9 heteroatoms. The number of hydrogen-bond donors (Lipinski definition) is 6. The highest BCUT2D eigenvalue weighted by atomic mass is 16.4. The van der Waals surface area contributed by atoms with E-state index in [2.05, 4.69) is 93.7 Å². The van der Waals surface area contributed by atoms with Crippen LogP contribution in [0.2, 0.25) is 0 Å². The van der Waals surface area contributed by atoms with E-state index in [1.807, 2.05) is 54.7 Å². The number of allylic oxidation sites excluding steroid dienone is 24. The van der Waals surface area contributed by atoms with Crippen LogP contribution in [0.15, 0.2) is 146 Å². The van der Waals surface area contributed by atoms with E-state index >= 15 is 0 Å². The largest absolute Gasteiger partial charge is 0.385 e. The minimum absolute atomic E-state index is 0.158. The van der Waals surface area contributed by atoms with Crippen molar-refractivity contribution >= 4 is 17.3 Å². The Kier molecular flexibility index (Phi) is 45.9. The van der Waals surface area contributed by atoms with Gasteiger partial charge in [-0.05, 0) is 135 Å². The van der Waals surface area contributed by atoms with Crippen LogP contribution >= 0.6 is 0 Å². The predicted molar refractivity (Wildman–Crippen MR) is 301 cm³/mol. The van der Waals surface area contributed by atoms with Gasteiger partial charge in [0.25, 0.3) is 0 Å². The number of aliphatic hydroxyl groups excluding tert-OH is 5. The van der Waals surface area contributed by atoms with Gasteiger partial charge < -0.3 is 30.6 Å². The third-order valence-electron chi connectivity index (χ3n) is 11.9. The summed E-state index contributed by atoms with van der Waals surface area (Å²) in [6.07, 6.45) is 58.6. The molecule has 0 heterocycles. The van der Waals surface area contributed by atoms with Gasteiger partial charge in [0.1, 0.15) is 18.3 Å². The molecule has 0 aliphatic heterocycles. The Bertz CT molecular complexity index is 1650. The van der Waals surface area contributed by atoms with Gasteiger partial charge in [0.15, 0.2) is 35.2 Å². The number of unbranched alkanes of at least 4 members (excludes halogenated alkanes) is 9. The van der Waals surface area contributed by atoms with Gasteiger partial charge in [0.05, 0.1) is 0 Å². The van der Waals surface area contributed by atoms with E-state index in [4.69, 9.17) is 0 Å². The molecule has 0 spiro atoms. The molecular formula is C63H98O9. The Morgan fingerprint density at radius 3 is 0.764 bits per heavy atom. The van der Waals surface area contributed by atoms with Crippen LogP contribution in [0, 0.1) is 0 Å². The zero-order chi connectivity index (χ0) is 53.2. The van der Waals surface area contributed by atoms with Crippen LogP contribution in [0.5, 0.6) is 0 Å². The van der Waals surface area contributed by atoms with Gasteiger partial charge in [-0.25, -0.2) is 0 Å². The summed E-state index contributed by atoms with van der Waals surface area (Å²) in [6, 6.07) is 0. The molecule has 0 aromatic rings. The van der Waals surface area contributed by atoms with E-state index in [0.29, 0.717) is 19.3 Å². The highest BCUT2D eigenvalue weighted by Crippen LogP contribution is 2.26. The standard InChI is InChI=1S/C63H98O9/c1-4-7-10-13-16-19-22-25-28-31-34-37-40-43-46-49-52-55(64)58(67)61(70)63(72,60(69)57(66)54-51-48-45-42-39-36-33-30-27-24-21-18-15-12-9-6-3)62(71)59(68)56(65)53-50-47-44-41-38-35-32-29-26-23-20-17-14-11-8-5-2/h16-21,25-30,34-39,43-48,55-57,61-62,64-66,70-72H,4-15,22-24,31-33,40-42,49-54H2,1-3H3/b19-16+,20-17+,21-18+,28-25+,29-26+,30-27+,37-34+,38-35+,39-36+,46-43+,47-44+,48-45+. The molecule has 0 amide bonds. The zero-order valence-electron chi connectivity index (χ0n) is 44.7. The fourth-order valence-corrected chi connectivity index (χ4v) is 7.34. The van der Waals surface area contributed by atoms with E-state index in [9.17, 15) is 45.0 Å². The lowest BCUT2D eigenvalue weighted by atomic mass is 9.77. The molecule has 0 rings (SSSR count). The van der Waals surface area contributed by atoms with E-state index in [0.717, 1.165) is 57.8 Å². The molecule has 72 heavy (non-hydrogen) atoms. The number of ketones is 3. The number of rotatable bonds is 47. The lowest BCUT2D eigenvalue weighted by Crippen LogP contribution is -2.67. The molecule has 9 nitrogen and oxygen atoms in total. The van der Waals surface area contributed by atoms with Crippen LogP contribution < -0.4 is 0 Å². The minimum atomic E-state index is -3.56. The first-order chi connectivity index (χ1) is 35.0. The van der Waals surface area contributed by atoms with Crippen LogP contribution in [0.4, 0.5) is 0 Å². The van der Waals surface area contributed by atoms with Crippen molar-refractivity contribution in [1.82, 2.24) is 0 Å². The molecule has 5 atom stereocenters. The molecule has 0 fully saturated rings. The SMILES string of the molecule is CCCCC/C=C/C/C=C/C/C=C/C/C=C/CCC(O)C(=O)C(O)C(O)(C(=O)C(O)CC/C=C/C/C=C/C/C=C/C/C=C/CCCCC)C(O)C(=O)C(O)CC/C=C/C/C=C/C/C=C/C/C=C/CCCCC. The second-order valence-electron chi connectivity index (χ2n) is 18.3. The number of hydrogen-bond acceptors (Lipinski definition) is 9. The second kappa shape index (κ2) is 48.9. The monoisotopic (exact) mass is 999 g/mol. The summed E-state index contributed by atoms with van der Waals surface area (Å²) in [5.74, 6) is -4.38. The normalized spacial score (nSPS) is 16.1. The fourth-order valence-electron chi connectivity index (χ4n) is 7.34. The Labute approximate surface area is 436 Å². The van der Waals surface area contributed by atoms with Crippen molar-refractivity contribution in [3.63, 3.8) is 0 Å². The maximum Gasteiger partial charge on any atom is 0.199 e. The Balaban J connectivity index is 5.50. The number of Topliss-reactive ketones (excluding diaryl/α,β-unsaturated/α-hetero) is 3. The maximum absolute atomic E-state index is 13.7. The van der Waals surface area contributed by atoms with Crippen LogP contribution in [0.1, 0.15) is 194 Å². The molecule has 0 aliphatic carbocycles. The van der Waals surface area contributed by atoms with Crippen molar-refractivity contribution in [2.24, 2.45) is 0 Å². The summed E-state index contributed by atoms with van der Waals surface area (Å²) in [6.45, 7) is 6.58. The van der Waals surface area contributed by atoms with Gasteiger partial charge in [-0.15, -0.1) is 0 Å². The second-order valence-corrected chi connectivity index (χ2v) is 18.3. The molecule has 0 bridgehead atoms. The lowest BCUT2D eigenvalue weighted by Gasteiger charge is -2.36. The van der Waals surface area contributed by atoms with Crippen molar-refractivity contribution in [2.45, 2.75) is 230 Å². The Morgan fingerprint density at radius 2 is 0.528 bits per heavy atom. The topological polar surface area (TPSA) is 173 Å². The quantitative estimate of drug-likeness (QED) is 0.0256. The highest BCUT2D eigenvalue weighted by Gasteiger charge is 2.57. The Morgan fingerprint density at radius 1 is 0.319 bits per heavy atom. The van der Waals surface area contributed by atoms with Gasteiger partial charge in [0.2, 0.25) is 0 Å². The van der Waals surface area contributed by atoms with Crippen molar-refractivity contribution < 1.29 is 45.0 Å². The maximum atomic E-state index is 13.7. The van der Waals surface area contributed by atoms with E-state index in [-0.39, 0.29) is 38.5 Å². The summed E-state index contributed by atoms with van der Waals surface area (Å²) in [7, 11) is 0. The first-order valence-electron chi connectivity index (χ1n) is 27.5. The van der Waals surface area contributed by atoms with Crippen LogP contribution in [-0.2, 0) is 14.4 Å². The zero-order valence-corrected chi connectivity index (χ0v) is 44.7. The predicted octanol–water partition coefficient (Wildman–Crippen LogP) is 13.5. The number of carbonyl (C=O) groups is 3. The van der Waals surface area contributed by atoms with Gasteiger partial charge in [0, 0.05) is 0 Å². The smallest absolute Gasteiger partial charge is 0.199 e. The molecule has 0 saturated heterocycles. The third-order valence-corrected chi connectivity index (χ3v) is 11.9. The van der Waals surface area contributed by atoms with Gasteiger partial charge in [-0.3, -0.25) is 14.4 Å². The average Bonchev–Trinajstić information content (AvgIpc) is 3.38.